The van der Waals surface area contributed by atoms with Crippen molar-refractivity contribution in [3.05, 3.63) is 57.0 Å². The van der Waals surface area contributed by atoms with E-state index in [4.69, 9.17) is 0 Å². The number of carbonyl (C=O) groups is 1. The first-order valence-electron chi connectivity index (χ1n) is 8.81. The molecule has 0 aliphatic carbocycles. The first-order chi connectivity index (χ1) is 12.8. The summed E-state index contributed by atoms with van der Waals surface area (Å²) in [7, 11) is 2.99. The standard InChI is InChI=1S/C19H23N5O3/c1-12(2)13-7-5-6-8-14(13)21-15(25)9-10-24-11-20-17-16(24)18(26)23(4)19(27)22(17)3/h5-8,11-12H,9-10H2,1-4H3,(H,21,25). The van der Waals surface area contributed by atoms with Crippen molar-refractivity contribution in [2.75, 3.05) is 5.32 Å². The minimum Gasteiger partial charge on any atom is -0.326 e. The lowest BCUT2D eigenvalue weighted by molar-refractivity contribution is -0.116. The summed E-state index contributed by atoms with van der Waals surface area (Å²) < 4.78 is 3.98. The van der Waals surface area contributed by atoms with Crippen molar-refractivity contribution in [3.63, 3.8) is 0 Å². The zero-order valence-corrected chi connectivity index (χ0v) is 15.9. The third-order valence-corrected chi connectivity index (χ3v) is 4.65. The summed E-state index contributed by atoms with van der Waals surface area (Å²) in [5.74, 6) is 0.148. The number of aryl methyl sites for hydroxylation is 2. The molecule has 0 saturated heterocycles. The quantitative estimate of drug-likeness (QED) is 0.739. The van der Waals surface area contributed by atoms with Crippen LogP contribution in [0.2, 0.25) is 0 Å². The lowest BCUT2D eigenvalue weighted by Crippen LogP contribution is -2.37. The van der Waals surface area contributed by atoms with E-state index in [1.165, 1.54) is 17.9 Å². The number of amides is 1. The summed E-state index contributed by atoms with van der Waals surface area (Å²) in [6.07, 6.45) is 1.67. The van der Waals surface area contributed by atoms with Crippen molar-refractivity contribution in [2.45, 2.75) is 32.7 Å². The third-order valence-electron chi connectivity index (χ3n) is 4.65. The highest BCUT2D eigenvalue weighted by molar-refractivity contribution is 5.91. The number of hydrogen-bond acceptors (Lipinski definition) is 4. The number of nitrogens with one attached hydrogen (secondary N) is 1. The Morgan fingerprint density at radius 3 is 2.56 bits per heavy atom. The van der Waals surface area contributed by atoms with Gasteiger partial charge in [0.1, 0.15) is 0 Å². The maximum atomic E-state index is 12.4. The zero-order chi connectivity index (χ0) is 19.7. The molecular weight excluding hydrogens is 346 g/mol. The van der Waals surface area contributed by atoms with Crippen LogP contribution >= 0.6 is 0 Å². The second kappa shape index (κ2) is 7.22. The van der Waals surface area contributed by atoms with Crippen molar-refractivity contribution in [1.82, 2.24) is 18.7 Å². The van der Waals surface area contributed by atoms with E-state index >= 15 is 0 Å². The fourth-order valence-corrected chi connectivity index (χ4v) is 3.12. The number of hydrogen-bond donors (Lipinski definition) is 1. The SMILES string of the molecule is CC(C)c1ccccc1NC(=O)CCn1cnc2c1c(=O)n(C)c(=O)n2C. The fourth-order valence-electron chi connectivity index (χ4n) is 3.12. The number of nitrogens with zero attached hydrogens (tertiary/aromatic N) is 4. The molecule has 1 amide bonds. The Kier molecular flexibility index (Phi) is 4.98. The smallest absolute Gasteiger partial charge is 0.326 e. The number of benzene rings is 1. The van der Waals surface area contributed by atoms with Gasteiger partial charge in [-0.2, -0.15) is 0 Å². The normalized spacial score (nSPS) is 11.3. The molecule has 8 heteroatoms. The molecule has 142 valence electrons. The van der Waals surface area contributed by atoms with Gasteiger partial charge in [-0.05, 0) is 17.5 Å². The molecule has 0 spiro atoms. The van der Waals surface area contributed by atoms with Crippen LogP contribution in [-0.4, -0.2) is 24.6 Å². The number of rotatable bonds is 5. The number of anilines is 1. The van der Waals surface area contributed by atoms with Gasteiger partial charge in [-0.15, -0.1) is 0 Å². The average Bonchev–Trinajstić information content (AvgIpc) is 3.07. The van der Waals surface area contributed by atoms with Crippen molar-refractivity contribution in [2.24, 2.45) is 14.1 Å². The number of aromatic nitrogens is 4. The van der Waals surface area contributed by atoms with Gasteiger partial charge in [-0.1, -0.05) is 32.0 Å². The molecule has 8 nitrogen and oxygen atoms in total. The number of para-hydroxylation sites is 1. The summed E-state index contributed by atoms with van der Waals surface area (Å²) in [6, 6.07) is 7.71. The van der Waals surface area contributed by atoms with Crippen LogP contribution in [-0.2, 0) is 25.4 Å². The minimum atomic E-state index is -0.430. The predicted octanol–water partition coefficient (Wildman–Crippen LogP) is 1.59. The molecule has 0 atom stereocenters. The molecule has 0 aliphatic rings. The van der Waals surface area contributed by atoms with E-state index in [-0.39, 0.29) is 12.3 Å². The molecule has 0 bridgehead atoms. The van der Waals surface area contributed by atoms with Gasteiger partial charge in [0.25, 0.3) is 5.56 Å². The largest absolute Gasteiger partial charge is 0.332 e. The van der Waals surface area contributed by atoms with Crippen LogP contribution in [0.3, 0.4) is 0 Å². The minimum absolute atomic E-state index is 0.147. The van der Waals surface area contributed by atoms with Gasteiger partial charge in [-0.25, -0.2) is 9.78 Å². The molecule has 0 aliphatic heterocycles. The number of carbonyl (C=O) groups excluding carboxylic acids is 1. The van der Waals surface area contributed by atoms with E-state index in [0.717, 1.165) is 15.8 Å². The third kappa shape index (κ3) is 3.42. The molecule has 0 fully saturated rings. The summed E-state index contributed by atoms with van der Waals surface area (Å²) in [5.41, 5.74) is 1.65. The molecule has 0 saturated carbocycles. The van der Waals surface area contributed by atoms with Crippen LogP contribution in [0.4, 0.5) is 5.69 Å². The Morgan fingerprint density at radius 1 is 1.15 bits per heavy atom. The Bertz CT molecular complexity index is 1120. The van der Waals surface area contributed by atoms with Gasteiger partial charge in [-0.3, -0.25) is 18.7 Å². The van der Waals surface area contributed by atoms with Gasteiger partial charge in [0.15, 0.2) is 11.2 Å². The van der Waals surface area contributed by atoms with Crippen molar-refractivity contribution in [1.29, 1.82) is 0 Å². The first kappa shape index (κ1) is 18.6. The van der Waals surface area contributed by atoms with Crippen molar-refractivity contribution >= 4 is 22.8 Å². The van der Waals surface area contributed by atoms with Crippen LogP contribution in [0, 0.1) is 0 Å². The van der Waals surface area contributed by atoms with Crippen LogP contribution in [0.1, 0.15) is 31.7 Å². The van der Waals surface area contributed by atoms with E-state index in [0.29, 0.717) is 23.6 Å². The molecular formula is C19H23N5O3. The molecule has 3 aromatic rings. The predicted molar refractivity (Wildman–Crippen MR) is 104 cm³/mol. The maximum absolute atomic E-state index is 12.4. The molecule has 0 radical (unpaired) electrons. The number of imidazole rings is 1. The van der Waals surface area contributed by atoms with Crippen LogP contribution < -0.4 is 16.6 Å². The zero-order valence-electron chi connectivity index (χ0n) is 15.9. The topological polar surface area (TPSA) is 90.9 Å². The van der Waals surface area contributed by atoms with E-state index in [9.17, 15) is 14.4 Å². The van der Waals surface area contributed by atoms with Crippen LogP contribution in [0.25, 0.3) is 11.2 Å². The first-order valence-corrected chi connectivity index (χ1v) is 8.81. The highest BCUT2D eigenvalue weighted by Crippen LogP contribution is 2.23. The van der Waals surface area contributed by atoms with Gasteiger partial charge in [0.05, 0.1) is 6.33 Å². The molecule has 3 rings (SSSR count). The Labute approximate surface area is 156 Å². The van der Waals surface area contributed by atoms with E-state index in [2.05, 4.69) is 24.1 Å². The monoisotopic (exact) mass is 369 g/mol. The summed E-state index contributed by atoms with van der Waals surface area (Å²) in [6.45, 7) is 4.44. The Morgan fingerprint density at radius 2 is 1.85 bits per heavy atom. The second-order valence-electron chi connectivity index (χ2n) is 6.86. The maximum Gasteiger partial charge on any atom is 0.332 e. The summed E-state index contributed by atoms with van der Waals surface area (Å²) >= 11 is 0. The summed E-state index contributed by atoms with van der Waals surface area (Å²) in [4.78, 5) is 41.0. The van der Waals surface area contributed by atoms with Crippen LogP contribution in [0.5, 0.6) is 0 Å². The molecule has 1 aromatic carbocycles. The van der Waals surface area contributed by atoms with Crippen LogP contribution in [0.15, 0.2) is 40.2 Å². The molecule has 1 N–H and O–H groups in total. The molecule has 27 heavy (non-hydrogen) atoms. The summed E-state index contributed by atoms with van der Waals surface area (Å²) in [5, 5.41) is 2.94. The lowest BCUT2D eigenvalue weighted by atomic mass is 10.0. The number of fused-ring (bicyclic) bond motifs is 1. The highest BCUT2D eigenvalue weighted by Gasteiger charge is 2.15. The van der Waals surface area contributed by atoms with Gasteiger partial charge >= 0.3 is 5.69 Å². The highest BCUT2D eigenvalue weighted by atomic mass is 16.2. The average molecular weight is 369 g/mol. The van der Waals surface area contributed by atoms with E-state index in [1.54, 1.807) is 11.6 Å². The fraction of sp³-hybridized carbons (Fsp3) is 0.368. The van der Waals surface area contributed by atoms with Gasteiger partial charge < -0.3 is 9.88 Å². The Balaban J connectivity index is 1.81. The van der Waals surface area contributed by atoms with E-state index in [1.807, 2.05) is 24.3 Å². The Hall–Kier alpha value is -3.16. The lowest BCUT2D eigenvalue weighted by Gasteiger charge is -2.13. The van der Waals surface area contributed by atoms with Gasteiger partial charge in [0, 0.05) is 32.7 Å². The molecule has 2 aromatic heterocycles. The van der Waals surface area contributed by atoms with Crippen molar-refractivity contribution < 1.29 is 4.79 Å². The van der Waals surface area contributed by atoms with Crippen molar-refractivity contribution in [3.8, 4) is 0 Å². The molecule has 2 heterocycles. The van der Waals surface area contributed by atoms with Gasteiger partial charge in [0.2, 0.25) is 5.91 Å². The second-order valence-corrected chi connectivity index (χ2v) is 6.86. The van der Waals surface area contributed by atoms with E-state index < -0.39 is 11.2 Å². The molecule has 0 unspecified atom stereocenters.